The summed E-state index contributed by atoms with van der Waals surface area (Å²) in [6.45, 7) is 0. The molecule has 0 radical (unpaired) electrons. The second kappa shape index (κ2) is 4.64. The molecule has 1 rings (SSSR count). The third kappa shape index (κ3) is 3.08. The van der Waals surface area contributed by atoms with Crippen molar-refractivity contribution in [3.63, 3.8) is 0 Å². The summed E-state index contributed by atoms with van der Waals surface area (Å²) < 4.78 is 22.1. The van der Waals surface area contributed by atoms with E-state index in [4.69, 9.17) is 5.53 Å². The first kappa shape index (κ1) is 12.5. The predicted octanol–water partition coefficient (Wildman–Crippen LogP) is 2.67. The van der Waals surface area contributed by atoms with Crippen LogP contribution in [-0.2, 0) is 9.84 Å². The molecule has 0 saturated heterocycles. The monoisotopic (exact) mass is 213 g/mol. The van der Waals surface area contributed by atoms with Gasteiger partial charge >= 0.3 is 0 Å². The Morgan fingerprint density at radius 3 is 2.57 bits per heavy atom. The Kier molecular flexibility index (Phi) is 4.14. The minimum Gasteiger partial charge on any atom is -0.224 e. The molecule has 0 N–H and O–H groups in total. The molecule has 0 spiro atoms. The van der Waals surface area contributed by atoms with Crippen LogP contribution in [0.25, 0.3) is 10.4 Å². The smallest absolute Gasteiger partial charge is 0.175 e. The first-order chi connectivity index (χ1) is 6.04. The van der Waals surface area contributed by atoms with Crippen molar-refractivity contribution in [1.82, 2.24) is 0 Å². The van der Waals surface area contributed by atoms with Crippen LogP contribution < -0.4 is 0 Å². The molecule has 0 bridgehead atoms. The Balaban J connectivity index is 0.00000169. The van der Waals surface area contributed by atoms with Gasteiger partial charge in [-0.1, -0.05) is 24.7 Å². The van der Waals surface area contributed by atoms with Crippen LogP contribution in [-0.4, -0.2) is 14.7 Å². The van der Waals surface area contributed by atoms with Gasteiger partial charge in [0.1, 0.15) is 0 Å². The summed E-state index contributed by atoms with van der Waals surface area (Å²) in [6, 6.07) is 5.84. The van der Waals surface area contributed by atoms with E-state index in [1.165, 1.54) is 24.3 Å². The molecule has 0 aromatic heterocycles. The summed E-state index contributed by atoms with van der Waals surface area (Å²) in [4.78, 5) is 2.71. The summed E-state index contributed by atoms with van der Waals surface area (Å²) in [5.41, 5.74) is 8.42. The fourth-order valence-corrected chi connectivity index (χ4v) is 1.49. The number of azide groups is 1. The summed E-state index contributed by atoms with van der Waals surface area (Å²) in [7, 11) is -3.23. The van der Waals surface area contributed by atoms with Crippen LogP contribution in [0.3, 0.4) is 0 Å². The highest BCUT2D eigenvalue weighted by molar-refractivity contribution is 7.90. The van der Waals surface area contributed by atoms with Gasteiger partial charge in [-0.2, -0.15) is 0 Å². The predicted molar refractivity (Wildman–Crippen MR) is 55.1 cm³/mol. The molecule has 0 fully saturated rings. The lowest BCUT2D eigenvalue weighted by molar-refractivity contribution is 0.602. The van der Waals surface area contributed by atoms with E-state index in [1.54, 1.807) is 0 Å². The largest absolute Gasteiger partial charge is 0.224 e. The molecule has 6 heteroatoms. The van der Waals surface area contributed by atoms with Gasteiger partial charge in [0.25, 0.3) is 0 Å². The van der Waals surface area contributed by atoms with E-state index in [0.717, 1.165) is 6.26 Å². The number of rotatable bonds is 2. The zero-order valence-electron chi connectivity index (χ0n) is 6.88. The number of benzene rings is 1. The summed E-state index contributed by atoms with van der Waals surface area (Å²) >= 11 is 0. The molecule has 0 amide bonds. The van der Waals surface area contributed by atoms with Crippen LogP contribution in [0.5, 0.6) is 0 Å². The molecule has 1 aromatic carbocycles. The minimum absolute atomic E-state index is 0. The van der Waals surface area contributed by atoms with E-state index in [1.807, 2.05) is 0 Å². The summed E-state index contributed by atoms with van der Waals surface area (Å²) in [5, 5.41) is 3.30. The normalized spacial score (nSPS) is 9.79. The van der Waals surface area contributed by atoms with Crippen molar-refractivity contribution in [1.29, 1.82) is 0 Å². The van der Waals surface area contributed by atoms with E-state index in [-0.39, 0.29) is 12.3 Å². The van der Waals surface area contributed by atoms with Crippen molar-refractivity contribution in [3.05, 3.63) is 34.7 Å². The first-order valence-corrected chi connectivity index (χ1v) is 5.28. The minimum atomic E-state index is -3.23. The summed E-state index contributed by atoms with van der Waals surface area (Å²) in [6.07, 6.45) is 1.10. The van der Waals surface area contributed by atoms with Crippen LogP contribution >= 0.6 is 0 Å². The van der Waals surface area contributed by atoms with Crippen LogP contribution in [0.15, 0.2) is 34.3 Å². The molecule has 14 heavy (non-hydrogen) atoms. The van der Waals surface area contributed by atoms with Gasteiger partial charge < -0.3 is 0 Å². The van der Waals surface area contributed by atoms with Gasteiger partial charge in [0, 0.05) is 16.9 Å². The van der Waals surface area contributed by atoms with Gasteiger partial charge in [-0.3, -0.25) is 0 Å². The van der Waals surface area contributed by atoms with Gasteiger partial charge in [0.05, 0.1) is 4.90 Å². The average molecular weight is 213 g/mol. The zero-order valence-corrected chi connectivity index (χ0v) is 7.69. The van der Waals surface area contributed by atoms with Gasteiger partial charge in [-0.15, -0.1) is 0 Å². The van der Waals surface area contributed by atoms with Crippen LogP contribution in [0.1, 0.15) is 7.43 Å². The molecule has 0 atom stereocenters. The van der Waals surface area contributed by atoms with Crippen molar-refractivity contribution < 1.29 is 8.42 Å². The Morgan fingerprint density at radius 2 is 2.07 bits per heavy atom. The number of sulfone groups is 1. The molecular weight excluding hydrogens is 202 g/mol. The number of hydrogen-bond donors (Lipinski definition) is 0. The lowest BCUT2D eigenvalue weighted by atomic mass is 10.3. The van der Waals surface area contributed by atoms with E-state index >= 15 is 0 Å². The maximum absolute atomic E-state index is 11.1. The molecular formula is C8H11N3O2S. The van der Waals surface area contributed by atoms with Crippen LogP contribution in [0, 0.1) is 0 Å². The van der Waals surface area contributed by atoms with Crippen LogP contribution in [0.4, 0.5) is 5.69 Å². The van der Waals surface area contributed by atoms with E-state index in [0.29, 0.717) is 5.69 Å². The summed E-state index contributed by atoms with van der Waals surface area (Å²) in [5.74, 6) is 0. The van der Waals surface area contributed by atoms with Crippen molar-refractivity contribution in [2.24, 2.45) is 5.11 Å². The van der Waals surface area contributed by atoms with Crippen LogP contribution in [0.2, 0.25) is 0 Å². The maximum Gasteiger partial charge on any atom is 0.175 e. The zero-order chi connectivity index (χ0) is 9.90. The Morgan fingerprint density at radius 1 is 1.43 bits per heavy atom. The molecule has 0 aliphatic rings. The van der Waals surface area contributed by atoms with Gasteiger partial charge in [0.2, 0.25) is 0 Å². The lowest BCUT2D eigenvalue weighted by Gasteiger charge is -1.97. The Hall–Kier alpha value is -1.52. The van der Waals surface area contributed by atoms with Crippen molar-refractivity contribution in [2.45, 2.75) is 12.3 Å². The molecule has 76 valence electrons. The highest BCUT2D eigenvalue weighted by Crippen LogP contribution is 2.17. The van der Waals surface area contributed by atoms with Crippen molar-refractivity contribution in [2.75, 3.05) is 6.26 Å². The lowest BCUT2D eigenvalue weighted by Crippen LogP contribution is -1.95. The molecule has 0 aliphatic heterocycles. The average Bonchev–Trinajstić information content (AvgIpc) is 2.04. The van der Waals surface area contributed by atoms with E-state index < -0.39 is 9.84 Å². The molecule has 0 heterocycles. The second-order valence-corrected chi connectivity index (χ2v) is 4.47. The van der Waals surface area contributed by atoms with Gasteiger partial charge in [-0.05, 0) is 17.7 Å². The molecule has 0 saturated carbocycles. The highest BCUT2D eigenvalue weighted by atomic mass is 32.2. The third-order valence-corrected chi connectivity index (χ3v) is 2.52. The fraction of sp³-hybridized carbons (Fsp3) is 0.250. The highest BCUT2D eigenvalue weighted by Gasteiger charge is 2.05. The van der Waals surface area contributed by atoms with Gasteiger partial charge in [0.15, 0.2) is 9.84 Å². The standard InChI is InChI=1S/C7H7N3O2S.CH4/c1-13(11,12)7-4-2-3-6(5-7)9-10-8;/h2-5H,1H3;1H4. The first-order valence-electron chi connectivity index (χ1n) is 3.39. The molecule has 5 nitrogen and oxygen atoms in total. The van der Waals surface area contributed by atoms with E-state index in [2.05, 4.69) is 10.0 Å². The second-order valence-electron chi connectivity index (χ2n) is 2.46. The third-order valence-electron chi connectivity index (χ3n) is 1.41. The van der Waals surface area contributed by atoms with Gasteiger partial charge in [-0.25, -0.2) is 8.42 Å². The Bertz CT molecular complexity index is 461. The molecule has 0 aliphatic carbocycles. The molecule has 1 aromatic rings. The fourth-order valence-electron chi connectivity index (χ4n) is 0.828. The maximum atomic E-state index is 11.1. The number of hydrogen-bond acceptors (Lipinski definition) is 3. The van der Waals surface area contributed by atoms with Crippen molar-refractivity contribution >= 4 is 15.5 Å². The van der Waals surface area contributed by atoms with Crippen molar-refractivity contribution in [3.8, 4) is 0 Å². The van der Waals surface area contributed by atoms with E-state index in [9.17, 15) is 8.42 Å². The number of nitrogens with zero attached hydrogens (tertiary/aromatic N) is 3. The SMILES string of the molecule is C.CS(=O)(=O)c1cccc(N=[N+]=[N-])c1. The molecule has 0 unspecified atom stereocenters. The topological polar surface area (TPSA) is 82.9 Å². The quantitative estimate of drug-likeness (QED) is 0.429. The Labute approximate surface area is 82.9 Å².